The minimum atomic E-state index is -0.263. The van der Waals surface area contributed by atoms with Crippen LogP contribution in [0.2, 0.25) is 0 Å². The van der Waals surface area contributed by atoms with E-state index < -0.39 is 0 Å². The van der Waals surface area contributed by atoms with Crippen LogP contribution in [0.15, 0.2) is 17.5 Å². The summed E-state index contributed by atoms with van der Waals surface area (Å²) in [4.78, 5) is 10.1. The lowest BCUT2D eigenvalue weighted by Crippen LogP contribution is -2.45. The summed E-state index contributed by atoms with van der Waals surface area (Å²) in [5.74, 6) is 0.430. The van der Waals surface area contributed by atoms with Gasteiger partial charge in [-0.15, -0.1) is 0 Å². The molecular weight excluding hydrogens is 238 g/mol. The first-order chi connectivity index (χ1) is 8.76. The van der Waals surface area contributed by atoms with Crippen molar-refractivity contribution in [1.82, 2.24) is 9.97 Å². The maximum absolute atomic E-state index is 9.10. The molecule has 0 bridgehead atoms. The van der Waals surface area contributed by atoms with Crippen molar-refractivity contribution < 1.29 is 15.1 Å². The van der Waals surface area contributed by atoms with Gasteiger partial charge in [0.05, 0.1) is 19.3 Å². The first kappa shape index (κ1) is 12.5. The van der Waals surface area contributed by atoms with Gasteiger partial charge in [-0.1, -0.05) is 5.16 Å². The Balaban J connectivity index is 2.27. The lowest BCUT2D eigenvalue weighted by atomic mass is 10.2. The molecule has 1 atom stereocenters. The van der Waals surface area contributed by atoms with Crippen LogP contribution in [0.25, 0.3) is 0 Å². The monoisotopic (exact) mass is 253 g/mol. The molecule has 8 heteroatoms. The predicted molar refractivity (Wildman–Crippen MR) is 63.6 cm³/mol. The van der Waals surface area contributed by atoms with E-state index in [1.165, 1.54) is 12.4 Å². The van der Waals surface area contributed by atoms with Crippen molar-refractivity contribution in [1.29, 1.82) is 0 Å². The summed E-state index contributed by atoms with van der Waals surface area (Å²) in [5, 5.41) is 20.8. The molecule has 0 saturated carbocycles. The van der Waals surface area contributed by atoms with Crippen LogP contribution in [-0.4, -0.2) is 58.5 Å². The third kappa shape index (κ3) is 2.49. The van der Waals surface area contributed by atoms with Gasteiger partial charge in [0.25, 0.3) is 0 Å². The van der Waals surface area contributed by atoms with E-state index in [-0.39, 0.29) is 18.5 Å². The summed E-state index contributed by atoms with van der Waals surface area (Å²) in [6, 6.07) is 0. The van der Waals surface area contributed by atoms with E-state index in [4.69, 9.17) is 20.8 Å². The average molecular weight is 253 g/mol. The number of nitrogens with zero attached hydrogens (tertiary/aromatic N) is 4. The SMILES string of the molecule is NC(=NO)c1nccnc1N1CCOC(CO)C1. The highest BCUT2D eigenvalue weighted by Crippen LogP contribution is 2.18. The number of hydrogen-bond donors (Lipinski definition) is 3. The van der Waals surface area contributed by atoms with Gasteiger partial charge < -0.3 is 25.7 Å². The number of rotatable bonds is 3. The molecule has 0 spiro atoms. The lowest BCUT2D eigenvalue weighted by Gasteiger charge is -2.33. The van der Waals surface area contributed by atoms with Gasteiger partial charge in [0.2, 0.25) is 0 Å². The first-order valence-electron chi connectivity index (χ1n) is 5.52. The molecule has 0 amide bonds. The number of aliphatic hydroxyl groups is 1. The molecule has 18 heavy (non-hydrogen) atoms. The van der Waals surface area contributed by atoms with Gasteiger partial charge in [-0.25, -0.2) is 9.97 Å². The van der Waals surface area contributed by atoms with Crippen molar-refractivity contribution in [3.8, 4) is 0 Å². The van der Waals surface area contributed by atoms with E-state index in [0.29, 0.717) is 31.2 Å². The number of aliphatic hydroxyl groups excluding tert-OH is 1. The van der Waals surface area contributed by atoms with Crippen LogP contribution in [0.1, 0.15) is 5.69 Å². The first-order valence-corrected chi connectivity index (χ1v) is 5.52. The second-order valence-electron chi connectivity index (χ2n) is 3.84. The molecule has 1 aliphatic rings. The number of aromatic nitrogens is 2. The van der Waals surface area contributed by atoms with Crippen molar-refractivity contribution in [2.24, 2.45) is 10.9 Å². The summed E-state index contributed by atoms with van der Waals surface area (Å²) in [6.07, 6.45) is 2.74. The van der Waals surface area contributed by atoms with Gasteiger partial charge in [0.15, 0.2) is 17.3 Å². The van der Waals surface area contributed by atoms with Crippen LogP contribution in [0.4, 0.5) is 5.82 Å². The fourth-order valence-corrected chi connectivity index (χ4v) is 1.81. The second kappa shape index (κ2) is 5.61. The smallest absolute Gasteiger partial charge is 0.192 e. The Morgan fingerprint density at radius 1 is 1.56 bits per heavy atom. The Bertz CT molecular complexity index is 439. The molecule has 2 heterocycles. The third-order valence-corrected chi connectivity index (χ3v) is 2.67. The molecule has 1 aromatic rings. The molecule has 1 unspecified atom stereocenters. The van der Waals surface area contributed by atoms with E-state index in [9.17, 15) is 0 Å². The fourth-order valence-electron chi connectivity index (χ4n) is 1.81. The Labute approximate surface area is 104 Å². The number of morpholine rings is 1. The molecule has 2 rings (SSSR count). The maximum Gasteiger partial charge on any atom is 0.192 e. The number of hydrogen-bond acceptors (Lipinski definition) is 7. The minimum Gasteiger partial charge on any atom is -0.409 e. The molecule has 1 aliphatic heterocycles. The summed E-state index contributed by atoms with van der Waals surface area (Å²) in [7, 11) is 0. The maximum atomic E-state index is 9.10. The van der Waals surface area contributed by atoms with Crippen LogP contribution in [0.3, 0.4) is 0 Å². The number of nitrogens with two attached hydrogens (primary N) is 1. The average Bonchev–Trinajstić information content (AvgIpc) is 2.46. The van der Waals surface area contributed by atoms with Crippen LogP contribution in [0, 0.1) is 0 Å². The van der Waals surface area contributed by atoms with E-state index in [2.05, 4.69) is 15.1 Å². The molecule has 4 N–H and O–H groups in total. The van der Waals surface area contributed by atoms with Gasteiger partial charge in [-0.3, -0.25) is 0 Å². The zero-order chi connectivity index (χ0) is 13.0. The van der Waals surface area contributed by atoms with Crippen molar-refractivity contribution in [3.63, 3.8) is 0 Å². The minimum absolute atomic E-state index is 0.0599. The lowest BCUT2D eigenvalue weighted by molar-refractivity contribution is 0.00333. The molecule has 0 aromatic carbocycles. The van der Waals surface area contributed by atoms with E-state index in [1.807, 2.05) is 4.90 Å². The Hall–Kier alpha value is -1.93. The Morgan fingerprint density at radius 2 is 2.33 bits per heavy atom. The number of ether oxygens (including phenoxy) is 1. The van der Waals surface area contributed by atoms with Gasteiger partial charge >= 0.3 is 0 Å². The Kier molecular flexibility index (Phi) is 3.90. The third-order valence-electron chi connectivity index (χ3n) is 2.67. The summed E-state index contributed by atoms with van der Waals surface area (Å²) < 4.78 is 5.35. The van der Waals surface area contributed by atoms with Gasteiger partial charge in [0.1, 0.15) is 0 Å². The highest BCUT2D eigenvalue weighted by molar-refractivity contribution is 5.99. The normalized spacial score (nSPS) is 21.1. The summed E-state index contributed by atoms with van der Waals surface area (Å²) in [6.45, 7) is 1.52. The summed E-state index contributed by atoms with van der Waals surface area (Å²) >= 11 is 0. The Morgan fingerprint density at radius 3 is 3.06 bits per heavy atom. The highest BCUT2D eigenvalue weighted by atomic mass is 16.5. The molecule has 0 radical (unpaired) electrons. The standard InChI is InChI=1S/C10H15N5O3/c11-9(14-17)8-10(13-2-1-12-8)15-3-4-18-7(5-15)6-16/h1-2,7,16-17H,3-6H2,(H2,11,14). The number of oxime groups is 1. The van der Waals surface area contributed by atoms with Crippen molar-refractivity contribution in [2.75, 3.05) is 31.2 Å². The van der Waals surface area contributed by atoms with Crippen LogP contribution in [0.5, 0.6) is 0 Å². The molecular formula is C10H15N5O3. The predicted octanol–water partition coefficient (Wildman–Crippen LogP) is -1.23. The van der Waals surface area contributed by atoms with Crippen LogP contribution < -0.4 is 10.6 Å². The molecule has 1 fully saturated rings. The van der Waals surface area contributed by atoms with E-state index in [1.54, 1.807) is 0 Å². The topological polar surface area (TPSA) is 117 Å². The molecule has 1 aromatic heterocycles. The zero-order valence-corrected chi connectivity index (χ0v) is 9.73. The van der Waals surface area contributed by atoms with Crippen molar-refractivity contribution in [3.05, 3.63) is 18.1 Å². The second-order valence-corrected chi connectivity index (χ2v) is 3.84. The highest BCUT2D eigenvalue weighted by Gasteiger charge is 2.24. The van der Waals surface area contributed by atoms with E-state index >= 15 is 0 Å². The number of amidine groups is 1. The van der Waals surface area contributed by atoms with Gasteiger partial charge in [0, 0.05) is 25.5 Å². The van der Waals surface area contributed by atoms with Gasteiger partial charge in [-0.2, -0.15) is 0 Å². The van der Waals surface area contributed by atoms with Crippen LogP contribution in [-0.2, 0) is 4.74 Å². The molecule has 1 saturated heterocycles. The number of anilines is 1. The largest absolute Gasteiger partial charge is 0.409 e. The summed E-state index contributed by atoms with van der Waals surface area (Å²) in [5.41, 5.74) is 5.88. The van der Waals surface area contributed by atoms with Gasteiger partial charge in [-0.05, 0) is 0 Å². The quantitative estimate of drug-likeness (QED) is 0.267. The molecule has 8 nitrogen and oxygen atoms in total. The zero-order valence-electron chi connectivity index (χ0n) is 9.73. The molecule has 0 aliphatic carbocycles. The molecule has 98 valence electrons. The van der Waals surface area contributed by atoms with Crippen LogP contribution >= 0.6 is 0 Å². The fraction of sp³-hybridized carbons (Fsp3) is 0.500. The van der Waals surface area contributed by atoms with E-state index in [0.717, 1.165) is 0 Å². The van der Waals surface area contributed by atoms with Crippen molar-refractivity contribution in [2.45, 2.75) is 6.10 Å². The van der Waals surface area contributed by atoms with Crippen molar-refractivity contribution >= 4 is 11.7 Å².